The van der Waals surface area contributed by atoms with Crippen LogP contribution in [-0.2, 0) is 0 Å². The lowest BCUT2D eigenvalue weighted by Crippen LogP contribution is -1.94. The molecule has 0 saturated carbocycles. The monoisotopic (exact) mass is 834 g/mol. The molecule has 2 heterocycles. The topological polar surface area (TPSA) is 20.7 Å². The summed E-state index contributed by atoms with van der Waals surface area (Å²) in [6.07, 6.45) is 0. The predicted molar refractivity (Wildman–Crippen MR) is 210 cm³/mol. The Hall–Kier alpha value is -3.46. The Bertz CT molecular complexity index is 2110. The van der Waals surface area contributed by atoms with Crippen LogP contribution < -0.4 is 0 Å². The molecule has 45 heavy (non-hydrogen) atoms. The first-order chi connectivity index (χ1) is 20.9. The van der Waals surface area contributed by atoms with Crippen LogP contribution in [0.1, 0.15) is 18.6 Å². The van der Waals surface area contributed by atoms with E-state index in [2.05, 4.69) is 211 Å². The molecule has 6 aromatic carbocycles. The van der Waals surface area contributed by atoms with Gasteiger partial charge in [-0.1, -0.05) is 124 Å². The van der Waals surface area contributed by atoms with E-state index in [-0.39, 0.29) is 12.1 Å². The third-order valence-electron chi connectivity index (χ3n) is 7.54. The van der Waals surface area contributed by atoms with Crippen molar-refractivity contribution in [2.24, 2.45) is 0 Å². The van der Waals surface area contributed by atoms with Crippen molar-refractivity contribution in [2.75, 3.05) is 0 Å². The van der Waals surface area contributed by atoms with E-state index in [1.165, 1.54) is 68.5 Å². The number of nitrogens with one attached hydrogen (secondary N) is 1. The first-order valence-electron chi connectivity index (χ1n) is 14.0. The smallest absolute Gasteiger partial charge is 0.0541 e. The minimum Gasteiger partial charge on any atom is -0.355 e. The molecule has 0 bridgehead atoms. The number of benzene rings is 6. The first-order valence-corrected chi connectivity index (χ1v) is 16.7. The molecular weight excluding hydrogens is 802 g/mol. The second-order valence-corrected chi connectivity index (χ2v) is 13.4. The minimum absolute atomic E-state index is 0. The third-order valence-corrected chi connectivity index (χ3v) is 9.92. The van der Waals surface area contributed by atoms with E-state index in [0.29, 0.717) is 0 Å². The standard InChI is InChI=1S/C19H14BrN.C12H9N.C7H6BrI.CH4.FH/c1-13-10-11-14(12-17(13)20)21-18-8-4-2-6-15(18)16-7-3-5-9-19(16)21;1-3-7-11-9(5-1)10-6-2-4-8-12(10)13-11;1-5-2-3-6(9)4-7(5)8;;/h2-12H,1H3;1-8,13H;2-4H,1H3;1H4;1H. The number of nitrogens with zero attached hydrogens (tertiary/aromatic N) is 1. The van der Waals surface area contributed by atoms with E-state index in [0.717, 1.165) is 4.47 Å². The number of aromatic nitrogens is 2. The summed E-state index contributed by atoms with van der Waals surface area (Å²) in [5.74, 6) is 0. The number of hydrogen-bond donors (Lipinski definition) is 1. The molecule has 6 heteroatoms. The molecule has 0 fully saturated rings. The maximum Gasteiger partial charge on any atom is 0.0541 e. The van der Waals surface area contributed by atoms with Crippen LogP contribution in [0.15, 0.2) is 142 Å². The van der Waals surface area contributed by atoms with E-state index in [9.17, 15) is 0 Å². The highest BCUT2D eigenvalue weighted by molar-refractivity contribution is 14.1. The van der Waals surface area contributed by atoms with Crippen LogP contribution in [0.2, 0.25) is 0 Å². The maximum atomic E-state index is 3.65. The van der Waals surface area contributed by atoms with E-state index < -0.39 is 0 Å². The highest BCUT2D eigenvalue weighted by atomic mass is 127. The summed E-state index contributed by atoms with van der Waals surface area (Å²) >= 11 is 9.38. The van der Waals surface area contributed by atoms with Crippen LogP contribution in [-0.4, -0.2) is 9.55 Å². The lowest BCUT2D eigenvalue weighted by molar-refractivity contribution is 1.11. The Kier molecular flexibility index (Phi) is 11.6. The van der Waals surface area contributed by atoms with Crippen molar-refractivity contribution in [1.82, 2.24) is 9.55 Å². The van der Waals surface area contributed by atoms with Gasteiger partial charge in [-0.25, -0.2) is 0 Å². The van der Waals surface area contributed by atoms with Gasteiger partial charge in [-0.3, -0.25) is 4.70 Å². The molecule has 2 nitrogen and oxygen atoms in total. The summed E-state index contributed by atoms with van der Waals surface area (Å²) in [6.45, 7) is 4.19. The predicted octanol–water partition coefficient (Wildman–Crippen LogP) is 13.3. The molecule has 0 amide bonds. The Labute approximate surface area is 294 Å². The van der Waals surface area contributed by atoms with Gasteiger partial charge in [-0.15, -0.1) is 0 Å². The molecule has 0 unspecified atom stereocenters. The van der Waals surface area contributed by atoms with Gasteiger partial charge in [0.15, 0.2) is 0 Å². The van der Waals surface area contributed by atoms with Gasteiger partial charge in [0.05, 0.1) is 11.0 Å². The normalized spacial score (nSPS) is 10.4. The van der Waals surface area contributed by atoms with E-state index in [4.69, 9.17) is 0 Å². The summed E-state index contributed by atoms with van der Waals surface area (Å²) < 4.78 is 5.93. The number of aryl methyl sites for hydroxylation is 2. The van der Waals surface area contributed by atoms with Gasteiger partial charge in [-0.05, 0) is 96.1 Å². The Morgan fingerprint density at radius 2 is 0.956 bits per heavy atom. The molecule has 0 aliphatic carbocycles. The molecule has 0 aliphatic rings. The minimum atomic E-state index is 0. The van der Waals surface area contributed by atoms with Gasteiger partial charge in [0, 0.05) is 50.8 Å². The molecule has 0 atom stereocenters. The lowest BCUT2D eigenvalue weighted by atomic mass is 10.2. The fourth-order valence-electron chi connectivity index (χ4n) is 5.29. The zero-order valence-electron chi connectivity index (χ0n) is 24.2. The van der Waals surface area contributed by atoms with Crippen molar-refractivity contribution >= 4 is 98.1 Å². The summed E-state index contributed by atoms with van der Waals surface area (Å²) in [7, 11) is 0. The van der Waals surface area contributed by atoms with Crippen molar-refractivity contribution in [3.63, 3.8) is 0 Å². The number of rotatable bonds is 1. The lowest BCUT2D eigenvalue weighted by Gasteiger charge is -2.09. The molecule has 0 saturated heterocycles. The average molecular weight is 836 g/mol. The van der Waals surface area contributed by atoms with Gasteiger partial charge >= 0.3 is 0 Å². The second-order valence-electron chi connectivity index (χ2n) is 10.4. The van der Waals surface area contributed by atoms with Gasteiger partial charge in [0.2, 0.25) is 0 Å². The summed E-state index contributed by atoms with van der Waals surface area (Å²) in [6, 6.07) is 46.7. The average Bonchev–Trinajstić information content (AvgIpc) is 3.57. The van der Waals surface area contributed by atoms with Crippen molar-refractivity contribution in [2.45, 2.75) is 21.3 Å². The maximum absolute atomic E-state index is 3.65. The van der Waals surface area contributed by atoms with Gasteiger partial charge < -0.3 is 9.55 Å². The van der Waals surface area contributed by atoms with Crippen LogP contribution >= 0.6 is 54.5 Å². The first kappa shape index (κ1) is 34.4. The quantitative estimate of drug-likeness (QED) is 0.159. The van der Waals surface area contributed by atoms with Crippen LogP contribution in [0.3, 0.4) is 0 Å². The zero-order chi connectivity index (χ0) is 29.9. The van der Waals surface area contributed by atoms with Crippen molar-refractivity contribution in [3.8, 4) is 5.69 Å². The molecule has 8 aromatic rings. The molecule has 0 aliphatic heterocycles. The van der Waals surface area contributed by atoms with E-state index in [1.807, 2.05) is 0 Å². The Balaban J connectivity index is 0.000000165. The van der Waals surface area contributed by atoms with Crippen molar-refractivity contribution in [1.29, 1.82) is 0 Å². The number of H-pyrrole nitrogens is 1. The van der Waals surface area contributed by atoms with Gasteiger partial charge in [0.1, 0.15) is 0 Å². The zero-order valence-corrected chi connectivity index (χ0v) is 29.5. The summed E-state index contributed by atoms with van der Waals surface area (Å²) in [5, 5.41) is 5.20. The molecule has 228 valence electrons. The molecule has 1 N–H and O–H groups in total. The van der Waals surface area contributed by atoms with Gasteiger partial charge in [0.25, 0.3) is 0 Å². The van der Waals surface area contributed by atoms with Crippen LogP contribution in [0.5, 0.6) is 0 Å². The number of halogens is 4. The largest absolute Gasteiger partial charge is 0.355 e. The number of hydrogen-bond acceptors (Lipinski definition) is 0. The van der Waals surface area contributed by atoms with Crippen molar-refractivity contribution < 1.29 is 4.70 Å². The fourth-order valence-corrected chi connectivity index (χ4v) is 6.95. The van der Waals surface area contributed by atoms with Crippen LogP contribution in [0.4, 0.5) is 4.70 Å². The highest BCUT2D eigenvalue weighted by Gasteiger charge is 2.11. The molecule has 2 aromatic heterocycles. The number of aromatic amines is 1. The third kappa shape index (κ3) is 7.35. The Morgan fingerprint density at radius 3 is 1.42 bits per heavy atom. The summed E-state index contributed by atoms with van der Waals surface area (Å²) in [5.41, 5.74) is 8.64. The molecular formula is C39H34Br2FIN2. The fraction of sp³-hybridized carbons (Fsp3) is 0.0769. The van der Waals surface area contributed by atoms with E-state index >= 15 is 0 Å². The second kappa shape index (κ2) is 15.2. The molecule has 0 radical (unpaired) electrons. The number of para-hydroxylation sites is 4. The van der Waals surface area contributed by atoms with Crippen molar-refractivity contribution in [3.05, 3.63) is 157 Å². The molecule has 0 spiro atoms. The highest BCUT2D eigenvalue weighted by Crippen LogP contribution is 2.33. The number of fused-ring (bicyclic) bond motifs is 6. The van der Waals surface area contributed by atoms with Crippen LogP contribution in [0.25, 0.3) is 49.3 Å². The SMILES string of the molecule is C.Cc1ccc(-n2c3ccccc3c3ccccc32)cc1Br.Cc1ccc(I)cc1Br.F.c1ccc2c(c1)[nH]c1ccccc12. The van der Waals surface area contributed by atoms with Gasteiger partial charge in [-0.2, -0.15) is 0 Å². The molecule has 8 rings (SSSR count). The van der Waals surface area contributed by atoms with Crippen LogP contribution in [0, 0.1) is 17.4 Å². The Morgan fingerprint density at radius 1 is 0.533 bits per heavy atom. The summed E-state index contributed by atoms with van der Waals surface area (Å²) in [4.78, 5) is 3.38. The van der Waals surface area contributed by atoms with E-state index in [1.54, 1.807) is 0 Å².